The summed E-state index contributed by atoms with van der Waals surface area (Å²) in [6.07, 6.45) is 4.90. The second kappa shape index (κ2) is 4.35. The van der Waals surface area contributed by atoms with Gasteiger partial charge in [0.2, 0.25) is 0 Å². The highest BCUT2D eigenvalue weighted by Crippen LogP contribution is 2.25. The van der Waals surface area contributed by atoms with Gasteiger partial charge in [-0.1, -0.05) is 26.0 Å². The SMILES string of the molecule is C=CCC(C)(C)C(C=C)NC. The van der Waals surface area contributed by atoms with E-state index in [1.165, 1.54) is 0 Å². The lowest BCUT2D eigenvalue weighted by atomic mass is 9.81. The van der Waals surface area contributed by atoms with Crippen molar-refractivity contribution in [1.82, 2.24) is 5.32 Å². The standard InChI is InChI=1S/C10H19N/c1-6-8-10(3,4)9(7-2)11-5/h6-7,9,11H,1-2,8H2,3-5H3. The minimum atomic E-state index is 0.220. The molecular weight excluding hydrogens is 134 g/mol. The zero-order valence-electron chi connectivity index (χ0n) is 7.85. The molecule has 1 unspecified atom stereocenters. The first kappa shape index (κ1) is 10.4. The van der Waals surface area contributed by atoms with Crippen LogP contribution in [0.2, 0.25) is 0 Å². The summed E-state index contributed by atoms with van der Waals surface area (Å²) in [4.78, 5) is 0. The molecule has 0 radical (unpaired) electrons. The minimum Gasteiger partial charge on any atom is -0.313 e. The quantitative estimate of drug-likeness (QED) is 0.598. The van der Waals surface area contributed by atoms with E-state index in [1.807, 2.05) is 19.2 Å². The van der Waals surface area contributed by atoms with Crippen molar-refractivity contribution < 1.29 is 0 Å². The maximum atomic E-state index is 3.78. The number of rotatable bonds is 5. The zero-order valence-corrected chi connectivity index (χ0v) is 7.85. The Morgan fingerprint density at radius 1 is 1.45 bits per heavy atom. The minimum absolute atomic E-state index is 0.220. The third-order valence-corrected chi connectivity index (χ3v) is 2.06. The summed E-state index contributed by atoms with van der Waals surface area (Å²) in [6.45, 7) is 11.9. The molecule has 11 heavy (non-hydrogen) atoms. The lowest BCUT2D eigenvalue weighted by Crippen LogP contribution is -2.37. The highest BCUT2D eigenvalue weighted by molar-refractivity contribution is 4.98. The van der Waals surface area contributed by atoms with Gasteiger partial charge in [0.25, 0.3) is 0 Å². The van der Waals surface area contributed by atoms with Crippen molar-refractivity contribution in [2.75, 3.05) is 7.05 Å². The van der Waals surface area contributed by atoms with Crippen molar-refractivity contribution in [1.29, 1.82) is 0 Å². The van der Waals surface area contributed by atoms with E-state index in [0.29, 0.717) is 6.04 Å². The summed E-state index contributed by atoms with van der Waals surface area (Å²) in [7, 11) is 1.96. The van der Waals surface area contributed by atoms with Gasteiger partial charge in [0, 0.05) is 6.04 Å². The highest BCUT2D eigenvalue weighted by atomic mass is 14.9. The lowest BCUT2D eigenvalue weighted by Gasteiger charge is -2.30. The van der Waals surface area contributed by atoms with Crippen LogP contribution in [0.25, 0.3) is 0 Å². The number of nitrogens with one attached hydrogen (secondary N) is 1. The Hall–Kier alpha value is -0.560. The molecule has 0 spiro atoms. The molecule has 64 valence electrons. The van der Waals surface area contributed by atoms with Gasteiger partial charge in [-0.25, -0.2) is 0 Å². The predicted octanol–water partition coefficient (Wildman–Crippen LogP) is 2.36. The van der Waals surface area contributed by atoms with Gasteiger partial charge in [0.05, 0.1) is 0 Å². The van der Waals surface area contributed by atoms with Crippen LogP contribution in [0.5, 0.6) is 0 Å². The Balaban J connectivity index is 4.22. The second-order valence-electron chi connectivity index (χ2n) is 3.48. The largest absolute Gasteiger partial charge is 0.313 e. The van der Waals surface area contributed by atoms with Crippen LogP contribution < -0.4 is 5.32 Å². The molecule has 0 saturated heterocycles. The Kier molecular flexibility index (Phi) is 4.12. The van der Waals surface area contributed by atoms with Crippen LogP contribution in [0, 0.1) is 5.41 Å². The molecule has 0 rings (SSSR count). The molecule has 0 aromatic rings. The van der Waals surface area contributed by atoms with Gasteiger partial charge in [0.1, 0.15) is 0 Å². The Morgan fingerprint density at radius 2 is 2.00 bits per heavy atom. The average Bonchev–Trinajstić information content (AvgIpc) is 1.89. The van der Waals surface area contributed by atoms with E-state index in [0.717, 1.165) is 6.42 Å². The number of allylic oxidation sites excluding steroid dienone is 1. The maximum absolute atomic E-state index is 3.78. The molecule has 0 amide bonds. The van der Waals surface area contributed by atoms with Crippen molar-refractivity contribution in [3.05, 3.63) is 25.3 Å². The van der Waals surface area contributed by atoms with Crippen molar-refractivity contribution in [2.24, 2.45) is 5.41 Å². The van der Waals surface area contributed by atoms with Gasteiger partial charge >= 0.3 is 0 Å². The van der Waals surface area contributed by atoms with E-state index >= 15 is 0 Å². The van der Waals surface area contributed by atoms with Crippen LogP contribution in [-0.2, 0) is 0 Å². The van der Waals surface area contributed by atoms with Gasteiger partial charge in [0.15, 0.2) is 0 Å². The molecular formula is C10H19N. The van der Waals surface area contributed by atoms with Gasteiger partial charge < -0.3 is 5.32 Å². The molecule has 0 saturated carbocycles. The van der Waals surface area contributed by atoms with Crippen LogP contribution in [0.4, 0.5) is 0 Å². The third kappa shape index (κ3) is 2.89. The topological polar surface area (TPSA) is 12.0 Å². The van der Waals surface area contributed by atoms with E-state index in [4.69, 9.17) is 0 Å². The predicted molar refractivity (Wildman–Crippen MR) is 51.6 cm³/mol. The average molecular weight is 153 g/mol. The van der Waals surface area contributed by atoms with Crippen LogP contribution >= 0.6 is 0 Å². The summed E-state index contributed by atoms with van der Waals surface area (Å²) in [6, 6.07) is 0.362. The summed E-state index contributed by atoms with van der Waals surface area (Å²) in [5.41, 5.74) is 0.220. The molecule has 1 atom stereocenters. The van der Waals surface area contributed by atoms with Crippen molar-refractivity contribution >= 4 is 0 Å². The number of hydrogen-bond donors (Lipinski definition) is 1. The molecule has 0 aliphatic heterocycles. The normalized spacial score (nSPS) is 14.1. The molecule has 1 heteroatoms. The van der Waals surface area contributed by atoms with Crippen molar-refractivity contribution in [2.45, 2.75) is 26.3 Å². The molecule has 0 aromatic carbocycles. The van der Waals surface area contributed by atoms with Gasteiger partial charge in [-0.2, -0.15) is 0 Å². The molecule has 0 aliphatic rings. The highest BCUT2D eigenvalue weighted by Gasteiger charge is 2.23. The van der Waals surface area contributed by atoms with Crippen LogP contribution in [-0.4, -0.2) is 13.1 Å². The monoisotopic (exact) mass is 153 g/mol. The molecule has 1 nitrogen and oxygen atoms in total. The van der Waals surface area contributed by atoms with E-state index < -0.39 is 0 Å². The lowest BCUT2D eigenvalue weighted by molar-refractivity contribution is 0.297. The fraction of sp³-hybridized carbons (Fsp3) is 0.600. The molecule has 0 aromatic heterocycles. The fourth-order valence-corrected chi connectivity index (χ4v) is 1.33. The molecule has 0 bridgehead atoms. The number of hydrogen-bond acceptors (Lipinski definition) is 1. The fourth-order valence-electron chi connectivity index (χ4n) is 1.33. The van der Waals surface area contributed by atoms with Crippen molar-refractivity contribution in [3.63, 3.8) is 0 Å². The van der Waals surface area contributed by atoms with Crippen molar-refractivity contribution in [3.8, 4) is 0 Å². The van der Waals surface area contributed by atoms with Crippen LogP contribution in [0.3, 0.4) is 0 Å². The van der Waals surface area contributed by atoms with E-state index in [9.17, 15) is 0 Å². The first-order valence-corrected chi connectivity index (χ1v) is 3.99. The van der Waals surface area contributed by atoms with E-state index in [1.54, 1.807) is 0 Å². The first-order chi connectivity index (χ1) is 5.08. The first-order valence-electron chi connectivity index (χ1n) is 3.99. The maximum Gasteiger partial charge on any atom is 0.0299 e. The van der Waals surface area contributed by atoms with Gasteiger partial charge in [-0.05, 0) is 18.9 Å². The summed E-state index contributed by atoms with van der Waals surface area (Å²) >= 11 is 0. The van der Waals surface area contributed by atoms with Gasteiger partial charge in [-0.3, -0.25) is 0 Å². The van der Waals surface area contributed by atoms with E-state index in [-0.39, 0.29) is 5.41 Å². The summed E-state index contributed by atoms with van der Waals surface area (Å²) in [5, 5.41) is 3.21. The Bertz CT molecular complexity index is 136. The van der Waals surface area contributed by atoms with Crippen LogP contribution in [0.1, 0.15) is 20.3 Å². The zero-order chi connectivity index (χ0) is 8.91. The van der Waals surface area contributed by atoms with E-state index in [2.05, 4.69) is 32.3 Å². The van der Waals surface area contributed by atoms with Gasteiger partial charge in [-0.15, -0.1) is 13.2 Å². The molecule has 0 heterocycles. The van der Waals surface area contributed by atoms with Crippen LogP contribution in [0.15, 0.2) is 25.3 Å². The molecule has 0 fully saturated rings. The third-order valence-electron chi connectivity index (χ3n) is 2.06. The molecule has 0 aliphatic carbocycles. The Morgan fingerprint density at radius 3 is 2.27 bits per heavy atom. The summed E-state index contributed by atoms with van der Waals surface area (Å²) < 4.78 is 0. The Labute approximate surface area is 70.2 Å². The second-order valence-corrected chi connectivity index (χ2v) is 3.48. The number of likely N-dealkylation sites (N-methyl/N-ethyl adjacent to an activating group) is 1. The summed E-state index contributed by atoms with van der Waals surface area (Å²) in [5.74, 6) is 0. The smallest absolute Gasteiger partial charge is 0.0299 e. The molecule has 1 N–H and O–H groups in total.